The molecular weight excluding hydrogens is 402 g/mol. The number of methoxy groups -OCH3 is 3. The SMILES string of the molecule is CCOc1ccc(N2CCN(CC(=O)Nc3cc(OC)c(OC)c(OC)c3)C2=O)cc1. The first-order chi connectivity index (χ1) is 15.0. The van der Waals surface area contributed by atoms with Crippen LogP contribution in [0.15, 0.2) is 36.4 Å². The van der Waals surface area contributed by atoms with Gasteiger partial charge in [0.15, 0.2) is 11.5 Å². The Bertz CT molecular complexity index is 906. The van der Waals surface area contributed by atoms with E-state index in [2.05, 4.69) is 5.32 Å². The highest BCUT2D eigenvalue weighted by Gasteiger charge is 2.31. The second-order valence-electron chi connectivity index (χ2n) is 6.74. The van der Waals surface area contributed by atoms with Gasteiger partial charge in [-0.3, -0.25) is 9.69 Å². The smallest absolute Gasteiger partial charge is 0.325 e. The average Bonchev–Trinajstić information content (AvgIpc) is 3.13. The van der Waals surface area contributed by atoms with Crippen LogP contribution in [0.4, 0.5) is 16.2 Å². The molecule has 0 unspecified atom stereocenters. The van der Waals surface area contributed by atoms with E-state index in [1.165, 1.54) is 26.2 Å². The summed E-state index contributed by atoms with van der Waals surface area (Å²) in [4.78, 5) is 28.5. The summed E-state index contributed by atoms with van der Waals surface area (Å²) >= 11 is 0. The zero-order valence-electron chi connectivity index (χ0n) is 18.1. The van der Waals surface area contributed by atoms with E-state index in [4.69, 9.17) is 18.9 Å². The lowest BCUT2D eigenvalue weighted by Crippen LogP contribution is -2.37. The lowest BCUT2D eigenvalue weighted by molar-refractivity contribution is -0.116. The summed E-state index contributed by atoms with van der Waals surface area (Å²) in [7, 11) is 4.51. The van der Waals surface area contributed by atoms with Crippen molar-refractivity contribution in [3.05, 3.63) is 36.4 Å². The van der Waals surface area contributed by atoms with Gasteiger partial charge in [-0.2, -0.15) is 0 Å². The minimum atomic E-state index is -0.323. The molecule has 1 fully saturated rings. The molecule has 0 aliphatic carbocycles. The quantitative estimate of drug-likeness (QED) is 0.659. The molecule has 0 spiro atoms. The van der Waals surface area contributed by atoms with Crippen molar-refractivity contribution in [1.82, 2.24) is 4.90 Å². The topological polar surface area (TPSA) is 89.6 Å². The molecule has 2 aromatic carbocycles. The number of nitrogens with one attached hydrogen (secondary N) is 1. The van der Waals surface area contributed by atoms with Crippen molar-refractivity contribution >= 4 is 23.3 Å². The lowest BCUT2D eigenvalue weighted by Gasteiger charge is -2.19. The van der Waals surface area contributed by atoms with Gasteiger partial charge in [-0.1, -0.05) is 0 Å². The van der Waals surface area contributed by atoms with Crippen molar-refractivity contribution in [2.75, 3.05) is 57.8 Å². The fraction of sp³-hybridized carbons (Fsp3) is 0.364. The van der Waals surface area contributed by atoms with Crippen LogP contribution in [0.1, 0.15) is 6.92 Å². The van der Waals surface area contributed by atoms with E-state index in [-0.39, 0.29) is 18.5 Å². The minimum Gasteiger partial charge on any atom is -0.494 e. The number of anilines is 2. The number of rotatable bonds is 9. The van der Waals surface area contributed by atoms with E-state index in [9.17, 15) is 9.59 Å². The largest absolute Gasteiger partial charge is 0.494 e. The summed E-state index contributed by atoms with van der Waals surface area (Å²) in [6, 6.07) is 10.4. The third-order valence-electron chi connectivity index (χ3n) is 4.84. The number of urea groups is 1. The van der Waals surface area contributed by atoms with Crippen molar-refractivity contribution in [2.45, 2.75) is 6.92 Å². The molecule has 166 valence electrons. The average molecular weight is 429 g/mol. The maximum absolute atomic E-state index is 12.8. The molecule has 0 atom stereocenters. The van der Waals surface area contributed by atoms with Crippen LogP contribution in [-0.2, 0) is 4.79 Å². The standard InChI is InChI=1S/C22H27N3O6/c1-5-31-17-8-6-16(7-9-17)25-11-10-24(22(25)27)14-20(26)23-15-12-18(28-2)21(30-4)19(13-15)29-3/h6-9,12-13H,5,10-11,14H2,1-4H3,(H,23,26). The summed E-state index contributed by atoms with van der Waals surface area (Å²) in [5, 5.41) is 2.78. The van der Waals surface area contributed by atoms with Gasteiger partial charge < -0.3 is 29.2 Å². The van der Waals surface area contributed by atoms with Crippen molar-refractivity contribution in [1.29, 1.82) is 0 Å². The fourth-order valence-corrected chi connectivity index (χ4v) is 3.39. The van der Waals surface area contributed by atoms with E-state index in [1.54, 1.807) is 17.0 Å². The third-order valence-corrected chi connectivity index (χ3v) is 4.84. The Hall–Kier alpha value is -3.62. The molecule has 1 aliphatic rings. The number of hydrogen-bond donors (Lipinski definition) is 1. The molecule has 1 saturated heterocycles. The zero-order valence-corrected chi connectivity index (χ0v) is 18.1. The molecule has 1 aliphatic heterocycles. The number of amides is 3. The normalized spacial score (nSPS) is 13.2. The van der Waals surface area contributed by atoms with Crippen LogP contribution in [0.25, 0.3) is 0 Å². The number of carbonyl (C=O) groups is 2. The second-order valence-corrected chi connectivity index (χ2v) is 6.74. The fourth-order valence-electron chi connectivity index (χ4n) is 3.39. The van der Waals surface area contributed by atoms with Gasteiger partial charge in [-0.05, 0) is 31.2 Å². The Morgan fingerprint density at radius 1 is 1.00 bits per heavy atom. The predicted molar refractivity (Wildman–Crippen MR) is 117 cm³/mol. The molecule has 0 radical (unpaired) electrons. The molecule has 1 heterocycles. The highest BCUT2D eigenvalue weighted by molar-refractivity contribution is 5.99. The molecule has 31 heavy (non-hydrogen) atoms. The Labute approximate surface area is 181 Å². The summed E-state index contributed by atoms with van der Waals surface area (Å²) in [5.74, 6) is 1.71. The number of carbonyl (C=O) groups excluding carboxylic acids is 2. The van der Waals surface area contributed by atoms with Crippen molar-refractivity contribution in [3.63, 3.8) is 0 Å². The first-order valence-corrected chi connectivity index (χ1v) is 9.89. The highest BCUT2D eigenvalue weighted by Crippen LogP contribution is 2.39. The van der Waals surface area contributed by atoms with Crippen LogP contribution < -0.4 is 29.2 Å². The van der Waals surface area contributed by atoms with Gasteiger partial charge in [-0.15, -0.1) is 0 Å². The molecule has 9 nitrogen and oxygen atoms in total. The zero-order chi connectivity index (χ0) is 22.4. The van der Waals surface area contributed by atoms with Gasteiger partial charge in [0.2, 0.25) is 11.7 Å². The van der Waals surface area contributed by atoms with E-state index in [0.717, 1.165) is 11.4 Å². The maximum atomic E-state index is 12.8. The second kappa shape index (κ2) is 9.92. The molecule has 2 aromatic rings. The number of ether oxygens (including phenoxy) is 4. The molecule has 0 aromatic heterocycles. The van der Waals surface area contributed by atoms with Gasteiger partial charge in [0, 0.05) is 36.6 Å². The minimum absolute atomic E-state index is 0.0664. The molecule has 3 amide bonds. The van der Waals surface area contributed by atoms with Crippen molar-refractivity contribution in [3.8, 4) is 23.0 Å². The van der Waals surface area contributed by atoms with Crippen LogP contribution in [0.2, 0.25) is 0 Å². The molecule has 1 N–H and O–H groups in total. The molecule has 0 bridgehead atoms. The van der Waals surface area contributed by atoms with Crippen LogP contribution in [0.3, 0.4) is 0 Å². The van der Waals surface area contributed by atoms with Gasteiger partial charge in [0.25, 0.3) is 0 Å². The first-order valence-electron chi connectivity index (χ1n) is 9.89. The van der Waals surface area contributed by atoms with E-state index < -0.39 is 0 Å². The van der Waals surface area contributed by atoms with Gasteiger partial charge in [0.1, 0.15) is 12.3 Å². The predicted octanol–water partition coefficient (Wildman–Crippen LogP) is 2.99. The van der Waals surface area contributed by atoms with E-state index in [1.807, 2.05) is 31.2 Å². The van der Waals surface area contributed by atoms with Gasteiger partial charge in [-0.25, -0.2) is 4.79 Å². The number of nitrogens with zero attached hydrogens (tertiary/aromatic N) is 2. The molecular formula is C22H27N3O6. The Balaban J connectivity index is 1.64. The molecule has 0 saturated carbocycles. The van der Waals surface area contributed by atoms with Gasteiger partial charge >= 0.3 is 6.03 Å². The Morgan fingerprint density at radius 2 is 1.65 bits per heavy atom. The first kappa shape index (κ1) is 22.1. The van der Waals surface area contributed by atoms with Gasteiger partial charge in [0.05, 0.1) is 27.9 Å². The highest BCUT2D eigenvalue weighted by atomic mass is 16.5. The molecule has 3 rings (SSSR count). The molecule has 9 heteroatoms. The van der Waals surface area contributed by atoms with Crippen LogP contribution in [0, 0.1) is 0 Å². The summed E-state index contributed by atoms with van der Waals surface area (Å²) in [6.07, 6.45) is 0. The van der Waals surface area contributed by atoms with E-state index >= 15 is 0 Å². The summed E-state index contributed by atoms with van der Waals surface area (Å²) in [5.41, 5.74) is 1.25. The van der Waals surface area contributed by atoms with Crippen LogP contribution in [-0.4, -0.2) is 64.4 Å². The van der Waals surface area contributed by atoms with Crippen molar-refractivity contribution < 1.29 is 28.5 Å². The Kier molecular flexibility index (Phi) is 7.07. The number of hydrogen-bond acceptors (Lipinski definition) is 6. The number of benzene rings is 2. The van der Waals surface area contributed by atoms with Crippen LogP contribution >= 0.6 is 0 Å². The van der Waals surface area contributed by atoms with Crippen molar-refractivity contribution in [2.24, 2.45) is 0 Å². The lowest BCUT2D eigenvalue weighted by atomic mass is 10.2. The van der Waals surface area contributed by atoms with Crippen LogP contribution in [0.5, 0.6) is 23.0 Å². The van der Waals surface area contributed by atoms with E-state index in [0.29, 0.717) is 42.6 Å². The monoisotopic (exact) mass is 429 g/mol. The summed E-state index contributed by atoms with van der Waals surface area (Å²) < 4.78 is 21.3. The third kappa shape index (κ3) is 4.93. The summed E-state index contributed by atoms with van der Waals surface area (Å²) in [6.45, 7) is 3.39. The maximum Gasteiger partial charge on any atom is 0.325 e. The Morgan fingerprint density at radius 3 is 2.19 bits per heavy atom.